The van der Waals surface area contributed by atoms with Crippen LogP contribution in [0.1, 0.15) is 34.0 Å². The lowest BCUT2D eigenvalue weighted by Crippen LogP contribution is -2.34. The van der Waals surface area contributed by atoms with Crippen LogP contribution in [-0.2, 0) is 6.42 Å². The maximum Gasteiger partial charge on any atom is 0.159 e. The zero-order valence-electron chi connectivity index (χ0n) is 26.6. The minimum absolute atomic E-state index is 0.278. The van der Waals surface area contributed by atoms with Gasteiger partial charge in [-0.2, -0.15) is 0 Å². The van der Waals surface area contributed by atoms with Crippen LogP contribution in [0.25, 0.3) is 54.6 Å². The monoisotopic (exact) mass is 626 g/mol. The van der Waals surface area contributed by atoms with Crippen molar-refractivity contribution in [3.05, 3.63) is 186 Å². The molecular formula is C45H30N4. The maximum absolute atomic E-state index is 5.28. The SMILES string of the molecule is c1ccc(C2N=C(c3cccc(-c4cc5ccncc5c5c4ccc4ccccc45)c3)N=C(c3cccc4c3-c3ccccc3C4)N2)cc1. The van der Waals surface area contributed by atoms with E-state index in [9.17, 15) is 0 Å². The summed E-state index contributed by atoms with van der Waals surface area (Å²) < 4.78 is 0. The van der Waals surface area contributed by atoms with E-state index in [1.165, 1.54) is 54.7 Å². The molecule has 7 aromatic carbocycles. The first-order valence-electron chi connectivity index (χ1n) is 16.8. The van der Waals surface area contributed by atoms with Crippen molar-refractivity contribution in [2.75, 3.05) is 0 Å². The molecule has 0 amide bonds. The third-order valence-corrected chi connectivity index (χ3v) is 10.0. The number of aliphatic imine (C=N–C) groups is 2. The van der Waals surface area contributed by atoms with Crippen LogP contribution in [0.15, 0.2) is 168 Å². The molecule has 49 heavy (non-hydrogen) atoms. The molecule has 1 atom stereocenters. The van der Waals surface area contributed by atoms with E-state index in [0.29, 0.717) is 5.84 Å². The van der Waals surface area contributed by atoms with Gasteiger partial charge in [-0.05, 0) is 90.5 Å². The summed E-state index contributed by atoms with van der Waals surface area (Å²) in [4.78, 5) is 15.0. The van der Waals surface area contributed by atoms with E-state index in [0.717, 1.165) is 39.9 Å². The molecule has 0 radical (unpaired) electrons. The molecule has 10 rings (SSSR count). The van der Waals surface area contributed by atoms with Gasteiger partial charge in [0.1, 0.15) is 12.0 Å². The van der Waals surface area contributed by atoms with Crippen molar-refractivity contribution in [3.63, 3.8) is 0 Å². The van der Waals surface area contributed by atoms with Crippen LogP contribution in [-0.4, -0.2) is 16.7 Å². The van der Waals surface area contributed by atoms with E-state index in [-0.39, 0.29) is 6.17 Å². The molecule has 1 unspecified atom stereocenters. The number of nitrogens with zero attached hydrogens (tertiary/aromatic N) is 3. The largest absolute Gasteiger partial charge is 0.344 e. The van der Waals surface area contributed by atoms with Crippen molar-refractivity contribution in [3.8, 4) is 22.3 Å². The number of hydrogen-bond acceptors (Lipinski definition) is 4. The number of nitrogens with one attached hydrogen (secondary N) is 1. The molecule has 4 nitrogen and oxygen atoms in total. The molecule has 0 spiro atoms. The van der Waals surface area contributed by atoms with Crippen LogP contribution < -0.4 is 5.32 Å². The summed E-state index contributed by atoms with van der Waals surface area (Å²) in [5.74, 6) is 1.56. The lowest BCUT2D eigenvalue weighted by Gasteiger charge is -2.25. The Morgan fingerprint density at radius 2 is 1.35 bits per heavy atom. The predicted molar refractivity (Wildman–Crippen MR) is 202 cm³/mol. The van der Waals surface area contributed by atoms with E-state index in [2.05, 4.69) is 150 Å². The second-order valence-corrected chi connectivity index (χ2v) is 12.9. The molecule has 1 aliphatic carbocycles. The van der Waals surface area contributed by atoms with Crippen molar-refractivity contribution in [2.24, 2.45) is 9.98 Å². The Hall–Kier alpha value is -6.39. The number of pyridine rings is 1. The van der Waals surface area contributed by atoms with Gasteiger partial charge in [0.05, 0.1) is 0 Å². The van der Waals surface area contributed by atoms with Gasteiger partial charge in [-0.15, -0.1) is 0 Å². The van der Waals surface area contributed by atoms with Gasteiger partial charge in [0.25, 0.3) is 0 Å². The smallest absolute Gasteiger partial charge is 0.159 e. The third-order valence-electron chi connectivity index (χ3n) is 10.0. The number of hydrogen-bond donors (Lipinski definition) is 1. The average molecular weight is 627 g/mol. The molecule has 8 aromatic rings. The molecule has 0 fully saturated rings. The number of aromatic nitrogens is 1. The van der Waals surface area contributed by atoms with Gasteiger partial charge in [0, 0.05) is 28.9 Å². The van der Waals surface area contributed by atoms with E-state index < -0.39 is 0 Å². The normalized spacial score (nSPS) is 15.1. The van der Waals surface area contributed by atoms with Crippen LogP contribution in [0.3, 0.4) is 0 Å². The van der Waals surface area contributed by atoms with Gasteiger partial charge in [-0.3, -0.25) is 4.98 Å². The van der Waals surface area contributed by atoms with Gasteiger partial charge in [-0.1, -0.05) is 127 Å². The molecule has 1 aromatic heterocycles. The highest BCUT2D eigenvalue weighted by Gasteiger charge is 2.27. The van der Waals surface area contributed by atoms with Gasteiger partial charge in [0.15, 0.2) is 5.84 Å². The first kappa shape index (κ1) is 27.7. The molecule has 2 aliphatic rings. The molecule has 230 valence electrons. The third kappa shape index (κ3) is 4.56. The molecule has 0 saturated heterocycles. The zero-order chi connectivity index (χ0) is 32.3. The van der Waals surface area contributed by atoms with Crippen LogP contribution in [0.2, 0.25) is 0 Å². The molecule has 0 saturated carbocycles. The summed E-state index contributed by atoms with van der Waals surface area (Å²) in [6, 6.07) is 51.9. The van der Waals surface area contributed by atoms with E-state index >= 15 is 0 Å². The van der Waals surface area contributed by atoms with Crippen molar-refractivity contribution < 1.29 is 0 Å². The first-order chi connectivity index (χ1) is 24.3. The van der Waals surface area contributed by atoms with Gasteiger partial charge >= 0.3 is 0 Å². The van der Waals surface area contributed by atoms with Crippen LogP contribution in [0.5, 0.6) is 0 Å². The van der Waals surface area contributed by atoms with E-state index in [1.807, 2.05) is 18.5 Å². The Bertz CT molecular complexity index is 2660. The maximum atomic E-state index is 5.28. The van der Waals surface area contributed by atoms with E-state index in [1.54, 1.807) is 0 Å². The fourth-order valence-corrected chi connectivity index (χ4v) is 7.73. The van der Waals surface area contributed by atoms with Crippen LogP contribution >= 0.6 is 0 Å². The fourth-order valence-electron chi connectivity index (χ4n) is 7.73. The van der Waals surface area contributed by atoms with Gasteiger partial charge in [0.2, 0.25) is 0 Å². The summed E-state index contributed by atoms with van der Waals surface area (Å²) in [7, 11) is 0. The Labute approximate surface area is 284 Å². The highest BCUT2D eigenvalue weighted by Crippen LogP contribution is 2.41. The quantitative estimate of drug-likeness (QED) is 0.198. The lowest BCUT2D eigenvalue weighted by molar-refractivity contribution is 0.674. The topological polar surface area (TPSA) is 49.6 Å². The molecule has 0 bridgehead atoms. The summed E-state index contributed by atoms with van der Waals surface area (Å²) in [6.07, 6.45) is 4.53. The average Bonchev–Trinajstić information content (AvgIpc) is 3.56. The van der Waals surface area contributed by atoms with Crippen molar-refractivity contribution >= 4 is 44.0 Å². The summed E-state index contributed by atoms with van der Waals surface area (Å²) in [5.41, 5.74) is 10.7. The van der Waals surface area contributed by atoms with Crippen LogP contribution in [0.4, 0.5) is 0 Å². The second kappa shape index (κ2) is 11.1. The molecule has 1 N–H and O–H groups in total. The highest BCUT2D eigenvalue weighted by molar-refractivity contribution is 6.24. The molecule has 2 heterocycles. The number of fused-ring (bicyclic) bond motifs is 8. The minimum Gasteiger partial charge on any atom is -0.344 e. The molecule has 4 heteroatoms. The van der Waals surface area contributed by atoms with Crippen molar-refractivity contribution in [1.82, 2.24) is 10.3 Å². The molecule has 1 aliphatic heterocycles. The van der Waals surface area contributed by atoms with Gasteiger partial charge in [-0.25, -0.2) is 9.98 Å². The summed E-state index contributed by atoms with van der Waals surface area (Å²) >= 11 is 0. The number of amidine groups is 2. The lowest BCUT2D eigenvalue weighted by atomic mass is 9.90. The summed E-state index contributed by atoms with van der Waals surface area (Å²) in [5, 5.41) is 10.9. The van der Waals surface area contributed by atoms with Crippen LogP contribution in [0, 0.1) is 0 Å². The summed E-state index contributed by atoms with van der Waals surface area (Å²) in [6.45, 7) is 0. The first-order valence-corrected chi connectivity index (χ1v) is 16.8. The number of benzene rings is 7. The van der Waals surface area contributed by atoms with Crippen molar-refractivity contribution in [1.29, 1.82) is 0 Å². The molecular weight excluding hydrogens is 597 g/mol. The fraction of sp³-hybridized carbons (Fsp3) is 0.0444. The van der Waals surface area contributed by atoms with Gasteiger partial charge < -0.3 is 5.32 Å². The minimum atomic E-state index is -0.278. The second-order valence-electron chi connectivity index (χ2n) is 12.9. The van der Waals surface area contributed by atoms with Crippen molar-refractivity contribution in [2.45, 2.75) is 12.6 Å². The zero-order valence-corrected chi connectivity index (χ0v) is 26.6. The Kier molecular flexibility index (Phi) is 6.28. The Balaban J connectivity index is 1.16. The standard InChI is InChI=1S/C45H30N4/c1-2-11-29(12-3-1)43-47-44(49-45(48-43)38-19-9-15-33-24-30-13-5-7-18-36(30)41(33)38)34-16-8-14-31(25-34)39-26-32-22-23-46-27-40(32)42-35-17-6-4-10-28(35)20-21-37(39)42/h1-23,25-27,43H,24H2,(H,47,48,49). The highest BCUT2D eigenvalue weighted by atomic mass is 15.2. The number of rotatable bonds is 4. The predicted octanol–water partition coefficient (Wildman–Crippen LogP) is 10.3. The Morgan fingerprint density at radius 3 is 2.31 bits per heavy atom. The van der Waals surface area contributed by atoms with E-state index in [4.69, 9.17) is 9.98 Å². The Morgan fingerprint density at radius 1 is 0.551 bits per heavy atom.